The van der Waals surface area contributed by atoms with E-state index in [1.54, 1.807) is 6.07 Å². The summed E-state index contributed by atoms with van der Waals surface area (Å²) in [5, 5.41) is 13.3. The molecule has 1 saturated carbocycles. The van der Waals surface area contributed by atoms with Crippen molar-refractivity contribution in [1.82, 2.24) is 5.32 Å². The Morgan fingerprint density at radius 3 is 2.79 bits per heavy atom. The van der Waals surface area contributed by atoms with Crippen molar-refractivity contribution in [3.63, 3.8) is 0 Å². The van der Waals surface area contributed by atoms with E-state index in [4.69, 9.17) is 4.74 Å². The summed E-state index contributed by atoms with van der Waals surface area (Å²) in [7, 11) is 0. The topological polar surface area (TPSA) is 41.5 Å². The molecule has 0 unspecified atom stereocenters. The average molecular weight is 263 g/mol. The maximum absolute atomic E-state index is 9.67. The molecule has 19 heavy (non-hydrogen) atoms. The molecule has 2 N–H and O–H groups in total. The van der Waals surface area contributed by atoms with Crippen LogP contribution in [0.4, 0.5) is 0 Å². The summed E-state index contributed by atoms with van der Waals surface area (Å²) in [5.41, 5.74) is 1.16. The van der Waals surface area contributed by atoms with E-state index >= 15 is 0 Å². The van der Waals surface area contributed by atoms with Gasteiger partial charge in [-0.3, -0.25) is 0 Å². The van der Waals surface area contributed by atoms with Crippen LogP contribution in [0.5, 0.6) is 11.5 Å². The number of ether oxygens (including phenoxy) is 1. The van der Waals surface area contributed by atoms with Crippen molar-refractivity contribution in [3.8, 4) is 11.5 Å². The lowest BCUT2D eigenvalue weighted by atomic mass is 9.99. The zero-order valence-electron chi connectivity index (χ0n) is 12.0. The van der Waals surface area contributed by atoms with Gasteiger partial charge in [0, 0.05) is 12.6 Å². The van der Waals surface area contributed by atoms with Crippen molar-refractivity contribution >= 4 is 0 Å². The van der Waals surface area contributed by atoms with Crippen LogP contribution in [0.25, 0.3) is 0 Å². The molecular weight excluding hydrogens is 238 g/mol. The van der Waals surface area contributed by atoms with Crippen LogP contribution in [0, 0.1) is 5.92 Å². The van der Waals surface area contributed by atoms with Crippen LogP contribution >= 0.6 is 0 Å². The molecule has 0 amide bonds. The predicted octanol–water partition coefficient (Wildman–Crippen LogP) is 3.46. The molecule has 0 bridgehead atoms. The van der Waals surface area contributed by atoms with Crippen molar-refractivity contribution in [3.05, 3.63) is 23.8 Å². The number of aromatic hydroxyl groups is 1. The first-order chi connectivity index (χ1) is 9.20. The van der Waals surface area contributed by atoms with Gasteiger partial charge < -0.3 is 15.2 Å². The van der Waals surface area contributed by atoms with Gasteiger partial charge >= 0.3 is 0 Å². The summed E-state index contributed by atoms with van der Waals surface area (Å²) in [4.78, 5) is 0. The number of benzene rings is 1. The van der Waals surface area contributed by atoms with E-state index < -0.39 is 0 Å². The molecule has 2 rings (SSSR count). The molecule has 0 spiro atoms. The van der Waals surface area contributed by atoms with Crippen molar-refractivity contribution in [2.45, 2.75) is 52.1 Å². The Morgan fingerprint density at radius 2 is 2.11 bits per heavy atom. The molecule has 0 aromatic heterocycles. The highest BCUT2D eigenvalue weighted by molar-refractivity contribution is 5.41. The van der Waals surface area contributed by atoms with Gasteiger partial charge in [0.05, 0.1) is 6.61 Å². The van der Waals surface area contributed by atoms with E-state index in [1.807, 2.05) is 19.1 Å². The molecule has 1 aliphatic rings. The summed E-state index contributed by atoms with van der Waals surface area (Å²) >= 11 is 0. The zero-order chi connectivity index (χ0) is 13.7. The van der Waals surface area contributed by atoms with Crippen LogP contribution in [0.1, 0.15) is 45.1 Å². The van der Waals surface area contributed by atoms with Crippen molar-refractivity contribution in [2.24, 2.45) is 5.92 Å². The van der Waals surface area contributed by atoms with Gasteiger partial charge in [-0.25, -0.2) is 0 Å². The maximum Gasteiger partial charge on any atom is 0.161 e. The lowest BCUT2D eigenvalue weighted by Crippen LogP contribution is -2.31. The molecule has 1 atom stereocenters. The summed E-state index contributed by atoms with van der Waals surface area (Å²) in [6.07, 6.45) is 5.47. The minimum atomic E-state index is 0.217. The molecule has 3 nitrogen and oxygen atoms in total. The number of rotatable bonds is 6. The van der Waals surface area contributed by atoms with E-state index in [0.29, 0.717) is 18.4 Å². The number of hydrogen-bond acceptors (Lipinski definition) is 3. The minimum Gasteiger partial charge on any atom is -0.504 e. The fourth-order valence-corrected chi connectivity index (χ4v) is 2.84. The predicted molar refractivity (Wildman–Crippen MR) is 77.5 cm³/mol. The van der Waals surface area contributed by atoms with E-state index in [2.05, 4.69) is 12.2 Å². The fourth-order valence-electron chi connectivity index (χ4n) is 2.84. The second-order valence-corrected chi connectivity index (χ2v) is 5.45. The Kier molecular flexibility index (Phi) is 5.08. The van der Waals surface area contributed by atoms with Gasteiger partial charge in [0.25, 0.3) is 0 Å². The van der Waals surface area contributed by atoms with Crippen LogP contribution in [0.3, 0.4) is 0 Å². The maximum atomic E-state index is 9.67. The van der Waals surface area contributed by atoms with Gasteiger partial charge in [0.1, 0.15) is 0 Å². The SMILES string of the molecule is CCOc1cc(CN[C@H](C)C2CCCC2)ccc1O. The fraction of sp³-hybridized carbons (Fsp3) is 0.625. The largest absolute Gasteiger partial charge is 0.504 e. The smallest absolute Gasteiger partial charge is 0.161 e. The Balaban J connectivity index is 1.89. The van der Waals surface area contributed by atoms with Gasteiger partial charge in [-0.1, -0.05) is 18.9 Å². The van der Waals surface area contributed by atoms with Gasteiger partial charge in [0.2, 0.25) is 0 Å². The minimum absolute atomic E-state index is 0.217. The number of nitrogens with one attached hydrogen (secondary N) is 1. The Hall–Kier alpha value is -1.22. The van der Waals surface area contributed by atoms with Gasteiger partial charge in [-0.15, -0.1) is 0 Å². The molecule has 0 heterocycles. The van der Waals surface area contributed by atoms with Gasteiger partial charge in [0.15, 0.2) is 11.5 Å². The molecule has 106 valence electrons. The van der Waals surface area contributed by atoms with Crippen molar-refractivity contribution < 1.29 is 9.84 Å². The second-order valence-electron chi connectivity index (χ2n) is 5.45. The summed E-state index contributed by atoms with van der Waals surface area (Å²) in [6, 6.07) is 6.15. The Morgan fingerprint density at radius 1 is 1.37 bits per heavy atom. The summed E-state index contributed by atoms with van der Waals surface area (Å²) in [6.45, 7) is 5.60. The number of phenolic OH excluding ortho intramolecular Hbond substituents is 1. The third-order valence-electron chi connectivity index (χ3n) is 4.06. The molecule has 0 saturated heterocycles. The molecule has 0 radical (unpaired) electrons. The summed E-state index contributed by atoms with van der Waals surface area (Å²) in [5.74, 6) is 1.62. The monoisotopic (exact) mass is 263 g/mol. The van der Waals surface area contributed by atoms with E-state index in [-0.39, 0.29) is 5.75 Å². The first kappa shape index (κ1) is 14.2. The normalized spacial score (nSPS) is 17.6. The number of hydrogen-bond donors (Lipinski definition) is 2. The highest BCUT2D eigenvalue weighted by Crippen LogP contribution is 2.29. The highest BCUT2D eigenvalue weighted by atomic mass is 16.5. The number of phenols is 1. The average Bonchev–Trinajstić information content (AvgIpc) is 2.93. The lowest BCUT2D eigenvalue weighted by molar-refractivity contribution is 0.317. The first-order valence-corrected chi connectivity index (χ1v) is 7.38. The van der Waals surface area contributed by atoms with Crippen LogP contribution < -0.4 is 10.1 Å². The Bertz CT molecular complexity index is 400. The van der Waals surface area contributed by atoms with E-state index in [9.17, 15) is 5.11 Å². The van der Waals surface area contributed by atoms with Crippen molar-refractivity contribution in [2.75, 3.05) is 6.61 Å². The molecule has 1 aromatic carbocycles. The third-order valence-corrected chi connectivity index (χ3v) is 4.06. The highest BCUT2D eigenvalue weighted by Gasteiger charge is 2.20. The molecular formula is C16H25NO2. The quantitative estimate of drug-likeness (QED) is 0.826. The lowest BCUT2D eigenvalue weighted by Gasteiger charge is -2.20. The van der Waals surface area contributed by atoms with Crippen molar-refractivity contribution in [1.29, 1.82) is 0 Å². The van der Waals surface area contributed by atoms with E-state index in [0.717, 1.165) is 18.0 Å². The van der Waals surface area contributed by atoms with E-state index in [1.165, 1.54) is 25.7 Å². The van der Waals surface area contributed by atoms with Crippen LogP contribution in [0.2, 0.25) is 0 Å². The van der Waals surface area contributed by atoms with Crippen LogP contribution in [-0.4, -0.2) is 17.8 Å². The molecule has 0 aliphatic heterocycles. The van der Waals surface area contributed by atoms with Gasteiger partial charge in [-0.2, -0.15) is 0 Å². The van der Waals surface area contributed by atoms with Crippen LogP contribution in [0.15, 0.2) is 18.2 Å². The van der Waals surface area contributed by atoms with Gasteiger partial charge in [-0.05, 0) is 50.3 Å². The van der Waals surface area contributed by atoms with Crippen LogP contribution in [-0.2, 0) is 6.54 Å². The zero-order valence-corrected chi connectivity index (χ0v) is 12.0. The molecule has 1 fully saturated rings. The molecule has 3 heteroatoms. The standard InChI is InChI=1S/C16H25NO2/c1-3-19-16-10-13(8-9-15(16)18)11-17-12(2)14-6-4-5-7-14/h8-10,12,14,17-18H,3-7,11H2,1-2H3/t12-/m1/s1. The molecule has 1 aliphatic carbocycles. The Labute approximate surface area is 116 Å². The molecule has 1 aromatic rings. The third kappa shape index (κ3) is 3.87. The first-order valence-electron chi connectivity index (χ1n) is 7.38. The summed E-state index contributed by atoms with van der Waals surface area (Å²) < 4.78 is 5.41. The second kappa shape index (κ2) is 6.80.